The van der Waals surface area contributed by atoms with Crippen LogP contribution in [0.4, 0.5) is 11.5 Å². The van der Waals surface area contributed by atoms with E-state index in [1.807, 2.05) is 12.1 Å². The van der Waals surface area contributed by atoms with Crippen LogP contribution in [0.2, 0.25) is 5.02 Å². The molecule has 4 aromatic rings. The standard InChI is InChI=1S/C37H41ClN10O2/c1-44-22-27(42-43-44)10-11-33(49)48-21-20-46(23-28(48)12-16-39)35-29-13-19-45(32-9-3-7-26-6-2-8-30(38)34(26)32)24-31(29)40-36(41-35)50-25-37-14-4-17-47(37)18-5-15-37/h2-3,6-11,22,28H,4-5,12-15,17-21,23-25H2,1H3/b11-10+/t28-/m0/s1. The molecule has 2 aromatic carbocycles. The van der Waals surface area contributed by atoms with Gasteiger partial charge in [-0.1, -0.05) is 41.1 Å². The van der Waals surface area contributed by atoms with E-state index in [0.717, 1.165) is 77.5 Å². The Bertz CT molecular complexity index is 1970. The molecule has 1 amide bonds. The zero-order valence-electron chi connectivity index (χ0n) is 28.3. The lowest BCUT2D eigenvalue weighted by Crippen LogP contribution is -2.55. The van der Waals surface area contributed by atoms with Crippen molar-refractivity contribution in [3.8, 4) is 12.1 Å². The minimum atomic E-state index is -0.301. The molecule has 0 radical (unpaired) electrons. The first-order valence-electron chi connectivity index (χ1n) is 17.6. The molecule has 50 heavy (non-hydrogen) atoms. The largest absolute Gasteiger partial charge is 0.461 e. The van der Waals surface area contributed by atoms with Crippen LogP contribution in [-0.2, 0) is 24.8 Å². The van der Waals surface area contributed by atoms with E-state index < -0.39 is 0 Å². The third kappa shape index (κ3) is 6.13. The number of fused-ring (bicyclic) bond motifs is 3. The second-order valence-corrected chi connectivity index (χ2v) is 14.3. The molecule has 258 valence electrons. The number of carbonyl (C=O) groups is 1. The average molecular weight is 693 g/mol. The Kier molecular flexibility index (Phi) is 8.79. The summed E-state index contributed by atoms with van der Waals surface area (Å²) in [7, 11) is 1.78. The quantitative estimate of drug-likeness (QED) is 0.242. The summed E-state index contributed by atoms with van der Waals surface area (Å²) in [4.78, 5) is 32.5. The maximum Gasteiger partial charge on any atom is 0.318 e. The van der Waals surface area contributed by atoms with Crippen molar-refractivity contribution >= 4 is 45.9 Å². The van der Waals surface area contributed by atoms with E-state index in [1.165, 1.54) is 18.9 Å². The van der Waals surface area contributed by atoms with Crippen LogP contribution >= 0.6 is 11.6 Å². The Hall–Kier alpha value is -4.73. The van der Waals surface area contributed by atoms with Crippen LogP contribution in [0.1, 0.15) is 49.1 Å². The molecule has 0 spiro atoms. The first-order chi connectivity index (χ1) is 24.4. The predicted octanol–water partition coefficient (Wildman–Crippen LogP) is 4.63. The summed E-state index contributed by atoms with van der Waals surface area (Å²) >= 11 is 6.76. The number of aryl methyl sites for hydroxylation is 1. The minimum Gasteiger partial charge on any atom is -0.461 e. The van der Waals surface area contributed by atoms with Crippen molar-refractivity contribution in [1.82, 2.24) is 34.8 Å². The lowest BCUT2D eigenvalue weighted by atomic mass is 9.95. The summed E-state index contributed by atoms with van der Waals surface area (Å²) in [5.41, 5.74) is 3.79. The number of benzene rings is 2. The molecule has 1 atom stereocenters. The minimum absolute atomic E-state index is 0.0634. The Morgan fingerprint density at radius 3 is 2.68 bits per heavy atom. The van der Waals surface area contributed by atoms with E-state index in [9.17, 15) is 10.1 Å². The molecule has 6 heterocycles. The Morgan fingerprint density at radius 2 is 1.90 bits per heavy atom. The van der Waals surface area contributed by atoms with Crippen molar-refractivity contribution in [1.29, 1.82) is 5.26 Å². The maximum absolute atomic E-state index is 13.4. The highest BCUT2D eigenvalue weighted by Crippen LogP contribution is 2.40. The van der Waals surface area contributed by atoms with Crippen LogP contribution in [0, 0.1) is 11.3 Å². The summed E-state index contributed by atoms with van der Waals surface area (Å²) < 4.78 is 8.16. The third-order valence-electron chi connectivity index (χ3n) is 10.9. The monoisotopic (exact) mass is 692 g/mol. The molecule has 3 saturated heterocycles. The highest BCUT2D eigenvalue weighted by atomic mass is 35.5. The number of hydrogen-bond acceptors (Lipinski definition) is 10. The van der Waals surface area contributed by atoms with E-state index in [-0.39, 0.29) is 23.9 Å². The maximum atomic E-state index is 13.4. The van der Waals surface area contributed by atoms with Crippen LogP contribution in [0.25, 0.3) is 16.8 Å². The Morgan fingerprint density at radius 1 is 1.08 bits per heavy atom. The highest BCUT2D eigenvalue weighted by molar-refractivity contribution is 6.36. The van der Waals surface area contributed by atoms with Crippen LogP contribution < -0.4 is 14.5 Å². The van der Waals surface area contributed by atoms with Crippen LogP contribution in [0.5, 0.6) is 6.01 Å². The van der Waals surface area contributed by atoms with Gasteiger partial charge in [-0.15, -0.1) is 5.10 Å². The SMILES string of the molecule is Cn1cc(/C=C/C(=O)N2CCN(c3nc(OCC45CCCN4CCC5)nc4c3CCN(c3cccc5cccc(Cl)c35)C4)C[C@@H]2CC#N)nn1. The lowest BCUT2D eigenvalue weighted by Gasteiger charge is -2.42. The average Bonchev–Trinajstić information content (AvgIpc) is 3.85. The second-order valence-electron chi connectivity index (χ2n) is 13.9. The number of piperazine rings is 1. The molecule has 8 rings (SSSR count). The van der Waals surface area contributed by atoms with Gasteiger partial charge in [0.2, 0.25) is 5.91 Å². The number of carbonyl (C=O) groups excluding carboxylic acids is 1. The normalized spacial score (nSPS) is 20.3. The number of aromatic nitrogens is 5. The van der Waals surface area contributed by atoms with Crippen molar-refractivity contribution in [3.63, 3.8) is 0 Å². The predicted molar refractivity (Wildman–Crippen MR) is 192 cm³/mol. The van der Waals surface area contributed by atoms with Gasteiger partial charge in [0.1, 0.15) is 18.1 Å². The number of anilines is 2. The van der Waals surface area contributed by atoms with Gasteiger partial charge >= 0.3 is 6.01 Å². The van der Waals surface area contributed by atoms with E-state index in [0.29, 0.717) is 44.5 Å². The van der Waals surface area contributed by atoms with Gasteiger partial charge in [0.25, 0.3) is 0 Å². The number of nitriles is 1. The van der Waals surface area contributed by atoms with Gasteiger partial charge in [-0.05, 0) is 68.8 Å². The molecular formula is C37H41ClN10O2. The topological polar surface area (TPSA) is 120 Å². The third-order valence-corrected chi connectivity index (χ3v) is 11.2. The molecule has 0 N–H and O–H groups in total. The number of ether oxygens (including phenoxy) is 1. The van der Waals surface area contributed by atoms with Crippen molar-refractivity contribution < 1.29 is 9.53 Å². The van der Waals surface area contributed by atoms with Crippen LogP contribution in [-0.4, -0.2) is 98.1 Å². The number of rotatable bonds is 8. The van der Waals surface area contributed by atoms with Gasteiger partial charge in [-0.2, -0.15) is 15.2 Å². The molecule has 2 aromatic heterocycles. The molecule has 12 nitrogen and oxygen atoms in total. The van der Waals surface area contributed by atoms with Crippen molar-refractivity contribution in [2.24, 2.45) is 7.05 Å². The molecule has 4 aliphatic heterocycles. The fourth-order valence-electron chi connectivity index (χ4n) is 8.43. The van der Waals surface area contributed by atoms with Crippen LogP contribution in [0.15, 0.2) is 48.7 Å². The van der Waals surface area contributed by atoms with E-state index in [1.54, 1.807) is 28.9 Å². The molecule has 13 heteroatoms. The first-order valence-corrected chi connectivity index (χ1v) is 18.0. The van der Waals surface area contributed by atoms with Gasteiger partial charge in [-0.3, -0.25) is 14.4 Å². The van der Waals surface area contributed by atoms with E-state index in [2.05, 4.69) is 55.3 Å². The first kappa shape index (κ1) is 32.5. The summed E-state index contributed by atoms with van der Waals surface area (Å²) in [6.07, 6.45) is 10.6. The smallest absolute Gasteiger partial charge is 0.318 e. The zero-order chi connectivity index (χ0) is 34.2. The van der Waals surface area contributed by atoms with Gasteiger partial charge < -0.3 is 19.4 Å². The van der Waals surface area contributed by atoms with Gasteiger partial charge in [-0.25, -0.2) is 0 Å². The fourth-order valence-corrected chi connectivity index (χ4v) is 8.71. The van der Waals surface area contributed by atoms with Gasteiger partial charge in [0, 0.05) is 55.9 Å². The van der Waals surface area contributed by atoms with Crippen molar-refractivity contribution in [2.75, 3.05) is 55.7 Å². The van der Waals surface area contributed by atoms with Crippen molar-refractivity contribution in [3.05, 3.63) is 70.6 Å². The number of nitrogens with zero attached hydrogens (tertiary/aromatic N) is 10. The molecule has 0 unspecified atom stereocenters. The summed E-state index contributed by atoms with van der Waals surface area (Å²) in [5.74, 6) is 0.698. The Balaban J connectivity index is 1.09. The lowest BCUT2D eigenvalue weighted by molar-refractivity contribution is -0.128. The molecule has 0 saturated carbocycles. The number of halogens is 1. The summed E-state index contributed by atoms with van der Waals surface area (Å²) in [6.45, 7) is 5.72. The highest BCUT2D eigenvalue weighted by Gasteiger charge is 2.45. The fraction of sp³-hybridized carbons (Fsp3) is 0.459. The number of hydrogen-bond donors (Lipinski definition) is 0. The summed E-state index contributed by atoms with van der Waals surface area (Å²) in [6, 6.07) is 14.7. The summed E-state index contributed by atoms with van der Waals surface area (Å²) in [5, 5.41) is 20.7. The molecule has 0 bridgehead atoms. The Labute approximate surface area is 296 Å². The number of amides is 1. The second kappa shape index (κ2) is 13.5. The van der Waals surface area contributed by atoms with Gasteiger partial charge in [0.05, 0.1) is 47.5 Å². The van der Waals surface area contributed by atoms with E-state index >= 15 is 0 Å². The molecule has 3 fully saturated rings. The van der Waals surface area contributed by atoms with E-state index in [4.69, 9.17) is 26.3 Å². The molecular weight excluding hydrogens is 652 g/mol. The molecule has 4 aliphatic rings. The van der Waals surface area contributed by atoms with Gasteiger partial charge in [0.15, 0.2) is 0 Å². The van der Waals surface area contributed by atoms with Crippen LogP contribution in [0.3, 0.4) is 0 Å². The molecule has 0 aliphatic carbocycles. The van der Waals surface area contributed by atoms with Crippen molar-refractivity contribution in [2.45, 2.75) is 56.7 Å². The zero-order valence-corrected chi connectivity index (χ0v) is 29.1.